The van der Waals surface area contributed by atoms with Crippen molar-refractivity contribution in [3.8, 4) is 12.3 Å². The highest BCUT2D eigenvalue weighted by Crippen LogP contribution is 2.21. The van der Waals surface area contributed by atoms with Gasteiger partial charge in [-0.25, -0.2) is 8.78 Å². The Bertz CT molecular complexity index is 533. The monoisotopic (exact) mass is 293 g/mol. The molecule has 5 heteroatoms. The smallest absolute Gasteiger partial charge is 0.259 e. The predicted molar refractivity (Wildman–Crippen MR) is 74.6 cm³/mol. The first-order valence-electron chi connectivity index (χ1n) is 6.88. The van der Waals surface area contributed by atoms with E-state index in [0.717, 1.165) is 25.0 Å². The number of amides is 1. The highest BCUT2D eigenvalue weighted by atomic mass is 19.1. The van der Waals surface area contributed by atoms with Gasteiger partial charge in [-0.2, -0.15) is 0 Å². The second kappa shape index (κ2) is 7.19. The molecule has 112 valence electrons. The molecule has 21 heavy (non-hydrogen) atoms. The number of carbonyl (C=O) groups excluding carboxylic acids is 1. The van der Waals surface area contributed by atoms with E-state index < -0.39 is 23.1 Å². The molecule has 1 saturated heterocycles. The highest BCUT2D eigenvalue weighted by molar-refractivity contribution is 5.94. The summed E-state index contributed by atoms with van der Waals surface area (Å²) in [5.41, 5.74) is -0.484. The van der Waals surface area contributed by atoms with Crippen LogP contribution in [0.5, 0.6) is 0 Å². The predicted octanol–water partition coefficient (Wildman–Crippen LogP) is 2.47. The first kappa shape index (κ1) is 15.5. The van der Waals surface area contributed by atoms with Crippen LogP contribution < -0.4 is 0 Å². The number of halogens is 2. The molecule has 1 amide bonds. The summed E-state index contributed by atoms with van der Waals surface area (Å²) in [5, 5.41) is 0. The molecule has 1 heterocycles. The van der Waals surface area contributed by atoms with Crippen LogP contribution in [0.3, 0.4) is 0 Å². The molecule has 2 rings (SSSR count). The minimum Gasteiger partial charge on any atom is -0.368 e. The lowest BCUT2D eigenvalue weighted by atomic mass is 9.98. The average molecular weight is 293 g/mol. The molecule has 0 saturated carbocycles. The summed E-state index contributed by atoms with van der Waals surface area (Å²) < 4.78 is 32.6. The molecule has 0 N–H and O–H groups in total. The summed E-state index contributed by atoms with van der Waals surface area (Å²) >= 11 is 0. The molecule has 0 aliphatic carbocycles. The van der Waals surface area contributed by atoms with E-state index in [1.165, 1.54) is 11.0 Å². The Morgan fingerprint density at radius 3 is 2.81 bits per heavy atom. The van der Waals surface area contributed by atoms with E-state index >= 15 is 0 Å². The minimum atomic E-state index is -0.828. The van der Waals surface area contributed by atoms with Gasteiger partial charge in [0.05, 0.1) is 6.61 Å². The zero-order valence-electron chi connectivity index (χ0n) is 11.6. The summed E-state index contributed by atoms with van der Waals surface area (Å²) in [5.74, 6) is 0.264. The number of hydrogen-bond acceptors (Lipinski definition) is 2. The molecule has 0 radical (unpaired) electrons. The number of ether oxygens (including phenoxy) is 1. The van der Waals surface area contributed by atoms with Gasteiger partial charge >= 0.3 is 0 Å². The van der Waals surface area contributed by atoms with Crippen molar-refractivity contribution in [3.63, 3.8) is 0 Å². The van der Waals surface area contributed by atoms with Crippen LogP contribution in [0.2, 0.25) is 0 Å². The highest BCUT2D eigenvalue weighted by Gasteiger charge is 2.28. The van der Waals surface area contributed by atoms with Gasteiger partial charge in [0.2, 0.25) is 0 Å². The molecule has 1 aliphatic rings. The fraction of sp³-hybridized carbons (Fsp3) is 0.438. The molecule has 1 aliphatic heterocycles. The standard InChI is InChI=1S/C16H17F2NO2/c1-2-9-21-11-12-5-4-8-19(10-12)16(20)15-13(17)6-3-7-14(15)18/h1,3,6-7,12H,4-5,8-11H2. The molecule has 0 spiro atoms. The lowest BCUT2D eigenvalue weighted by Crippen LogP contribution is -2.41. The van der Waals surface area contributed by atoms with E-state index in [2.05, 4.69) is 5.92 Å². The van der Waals surface area contributed by atoms with Crippen molar-refractivity contribution in [3.05, 3.63) is 35.4 Å². The summed E-state index contributed by atoms with van der Waals surface area (Å²) in [6.07, 6.45) is 6.80. The van der Waals surface area contributed by atoms with Gasteiger partial charge in [0.1, 0.15) is 23.8 Å². The van der Waals surface area contributed by atoms with E-state index in [1.54, 1.807) is 0 Å². The van der Waals surface area contributed by atoms with Gasteiger partial charge in [-0.05, 0) is 25.0 Å². The molecular formula is C16H17F2NO2. The number of terminal acetylenes is 1. The fourth-order valence-corrected chi connectivity index (χ4v) is 2.53. The van der Waals surface area contributed by atoms with Gasteiger partial charge in [0.25, 0.3) is 5.91 Å². The first-order chi connectivity index (χ1) is 10.1. The molecule has 1 unspecified atom stereocenters. The van der Waals surface area contributed by atoms with Crippen LogP contribution in [-0.2, 0) is 4.74 Å². The van der Waals surface area contributed by atoms with Gasteiger partial charge < -0.3 is 9.64 Å². The SMILES string of the molecule is C#CCOCC1CCCN(C(=O)c2c(F)cccc2F)C1. The van der Waals surface area contributed by atoms with Crippen molar-refractivity contribution < 1.29 is 18.3 Å². The fourth-order valence-electron chi connectivity index (χ4n) is 2.53. The Morgan fingerprint density at radius 2 is 2.14 bits per heavy atom. The van der Waals surface area contributed by atoms with Gasteiger partial charge in [-0.15, -0.1) is 6.42 Å². The maximum atomic E-state index is 13.7. The Hall–Kier alpha value is -1.93. The Morgan fingerprint density at radius 1 is 1.43 bits per heavy atom. The van der Waals surface area contributed by atoms with Crippen molar-refractivity contribution in [1.29, 1.82) is 0 Å². The number of rotatable bonds is 4. The number of benzene rings is 1. The third-order valence-corrected chi connectivity index (χ3v) is 3.52. The lowest BCUT2D eigenvalue weighted by Gasteiger charge is -2.32. The van der Waals surface area contributed by atoms with E-state index in [1.807, 2.05) is 0 Å². The number of likely N-dealkylation sites (tertiary alicyclic amines) is 1. The quantitative estimate of drug-likeness (QED) is 0.630. The maximum Gasteiger partial charge on any atom is 0.259 e. The summed E-state index contributed by atoms with van der Waals surface area (Å²) in [7, 11) is 0. The van der Waals surface area contributed by atoms with Crippen LogP contribution in [0.15, 0.2) is 18.2 Å². The van der Waals surface area contributed by atoms with Crippen LogP contribution in [0.1, 0.15) is 23.2 Å². The number of carbonyl (C=O) groups is 1. The molecular weight excluding hydrogens is 276 g/mol. The first-order valence-corrected chi connectivity index (χ1v) is 6.88. The summed E-state index contributed by atoms with van der Waals surface area (Å²) in [4.78, 5) is 13.8. The van der Waals surface area contributed by atoms with Gasteiger partial charge in [-0.3, -0.25) is 4.79 Å². The van der Waals surface area contributed by atoms with Crippen LogP contribution in [0.25, 0.3) is 0 Å². The van der Waals surface area contributed by atoms with E-state index in [-0.39, 0.29) is 12.5 Å². The van der Waals surface area contributed by atoms with E-state index in [4.69, 9.17) is 11.2 Å². The minimum absolute atomic E-state index is 0.144. The zero-order valence-corrected chi connectivity index (χ0v) is 11.6. The van der Waals surface area contributed by atoms with Crippen molar-refractivity contribution in [2.24, 2.45) is 5.92 Å². The third-order valence-electron chi connectivity index (χ3n) is 3.52. The van der Waals surface area contributed by atoms with Crippen molar-refractivity contribution >= 4 is 5.91 Å². The van der Waals surface area contributed by atoms with Crippen LogP contribution >= 0.6 is 0 Å². The molecule has 0 bridgehead atoms. The maximum absolute atomic E-state index is 13.7. The van der Waals surface area contributed by atoms with Gasteiger partial charge in [-0.1, -0.05) is 12.0 Å². The van der Waals surface area contributed by atoms with Crippen LogP contribution in [-0.4, -0.2) is 37.1 Å². The van der Waals surface area contributed by atoms with Crippen molar-refractivity contribution in [1.82, 2.24) is 4.90 Å². The van der Waals surface area contributed by atoms with Gasteiger partial charge in [0, 0.05) is 19.0 Å². The molecule has 1 fully saturated rings. The molecule has 1 atom stereocenters. The Kier molecular flexibility index (Phi) is 5.29. The Labute approximate surface area is 122 Å². The molecule has 3 nitrogen and oxygen atoms in total. The zero-order chi connectivity index (χ0) is 15.2. The van der Waals surface area contributed by atoms with Crippen molar-refractivity contribution in [2.75, 3.05) is 26.3 Å². The second-order valence-corrected chi connectivity index (χ2v) is 5.08. The number of nitrogens with zero attached hydrogens (tertiary/aromatic N) is 1. The lowest BCUT2D eigenvalue weighted by molar-refractivity contribution is 0.0526. The molecule has 1 aromatic rings. The molecule has 1 aromatic carbocycles. The second-order valence-electron chi connectivity index (χ2n) is 5.08. The van der Waals surface area contributed by atoms with Crippen LogP contribution in [0.4, 0.5) is 8.78 Å². The molecule has 0 aromatic heterocycles. The van der Waals surface area contributed by atoms with Crippen molar-refractivity contribution in [2.45, 2.75) is 12.8 Å². The largest absolute Gasteiger partial charge is 0.368 e. The third kappa shape index (κ3) is 3.79. The summed E-state index contributed by atoms with van der Waals surface area (Å²) in [6.45, 7) is 1.61. The average Bonchev–Trinajstić information content (AvgIpc) is 2.47. The number of hydrogen-bond donors (Lipinski definition) is 0. The number of piperidine rings is 1. The van der Waals surface area contributed by atoms with Crippen LogP contribution in [0, 0.1) is 29.9 Å². The Balaban J connectivity index is 2.04. The van der Waals surface area contributed by atoms with Gasteiger partial charge in [0.15, 0.2) is 0 Å². The normalized spacial score (nSPS) is 18.3. The van der Waals surface area contributed by atoms with E-state index in [9.17, 15) is 13.6 Å². The van der Waals surface area contributed by atoms with E-state index in [0.29, 0.717) is 19.7 Å². The topological polar surface area (TPSA) is 29.5 Å². The summed E-state index contributed by atoms with van der Waals surface area (Å²) in [6, 6.07) is 3.43.